The zero-order chi connectivity index (χ0) is 11.5. The third kappa shape index (κ3) is 2.32. The van der Waals surface area contributed by atoms with Gasteiger partial charge in [-0.3, -0.25) is 5.84 Å². The van der Waals surface area contributed by atoms with Crippen LogP contribution in [-0.2, 0) is 0 Å². The van der Waals surface area contributed by atoms with Crippen molar-refractivity contribution in [1.82, 2.24) is 5.43 Å². The number of hydrogen-bond acceptors (Lipinski definition) is 3. The summed E-state index contributed by atoms with van der Waals surface area (Å²) in [6, 6.07) is 6.80. The van der Waals surface area contributed by atoms with Crippen molar-refractivity contribution < 1.29 is 4.39 Å². The number of hydrazine groups is 1. The monoisotopic (exact) mass is 300 g/mol. The van der Waals surface area contributed by atoms with Gasteiger partial charge in [-0.1, -0.05) is 6.07 Å². The van der Waals surface area contributed by atoms with Crippen LogP contribution in [0.2, 0.25) is 0 Å². The zero-order valence-electron chi connectivity index (χ0n) is 8.28. The Labute approximate surface area is 105 Å². The van der Waals surface area contributed by atoms with E-state index < -0.39 is 0 Å². The van der Waals surface area contributed by atoms with Gasteiger partial charge in [0, 0.05) is 0 Å². The molecule has 1 unspecified atom stereocenters. The van der Waals surface area contributed by atoms with Crippen molar-refractivity contribution in [3.63, 3.8) is 0 Å². The van der Waals surface area contributed by atoms with E-state index in [0.29, 0.717) is 4.47 Å². The lowest BCUT2D eigenvalue weighted by molar-refractivity contribution is 0.601. The summed E-state index contributed by atoms with van der Waals surface area (Å²) in [4.78, 5) is 0. The van der Waals surface area contributed by atoms with Gasteiger partial charge in [-0.05, 0) is 56.0 Å². The molecule has 0 aliphatic carbocycles. The van der Waals surface area contributed by atoms with Crippen LogP contribution in [0.25, 0.3) is 0 Å². The summed E-state index contributed by atoms with van der Waals surface area (Å²) in [5, 5.41) is 3.96. The first kappa shape index (κ1) is 11.7. The predicted molar refractivity (Wildman–Crippen MR) is 67.6 cm³/mol. The van der Waals surface area contributed by atoms with Gasteiger partial charge in [-0.25, -0.2) is 9.82 Å². The van der Waals surface area contributed by atoms with Crippen LogP contribution in [0.5, 0.6) is 0 Å². The van der Waals surface area contributed by atoms with Crippen LogP contribution in [-0.4, -0.2) is 0 Å². The lowest BCUT2D eigenvalue weighted by Crippen LogP contribution is -2.28. The van der Waals surface area contributed by atoms with E-state index in [-0.39, 0.29) is 11.9 Å². The van der Waals surface area contributed by atoms with Gasteiger partial charge in [-0.2, -0.15) is 11.3 Å². The van der Waals surface area contributed by atoms with Gasteiger partial charge >= 0.3 is 0 Å². The zero-order valence-corrected chi connectivity index (χ0v) is 10.7. The molecular weight excluding hydrogens is 291 g/mol. The summed E-state index contributed by atoms with van der Waals surface area (Å²) in [7, 11) is 0. The van der Waals surface area contributed by atoms with Gasteiger partial charge in [0.25, 0.3) is 0 Å². The standard InChI is InChI=1S/C11H10BrFN2S/c12-9-2-1-7(5-10(9)13)11(15-14)8-3-4-16-6-8/h1-6,11,15H,14H2. The van der Waals surface area contributed by atoms with Crippen molar-refractivity contribution in [3.05, 3.63) is 56.4 Å². The van der Waals surface area contributed by atoms with E-state index in [0.717, 1.165) is 11.1 Å². The minimum atomic E-state index is -0.284. The number of rotatable bonds is 3. The highest BCUT2D eigenvalue weighted by Crippen LogP contribution is 2.26. The molecule has 5 heteroatoms. The topological polar surface area (TPSA) is 38.0 Å². The summed E-state index contributed by atoms with van der Waals surface area (Å²) in [5.74, 6) is 5.22. The smallest absolute Gasteiger partial charge is 0.137 e. The van der Waals surface area contributed by atoms with E-state index in [1.165, 1.54) is 6.07 Å². The van der Waals surface area contributed by atoms with E-state index in [9.17, 15) is 4.39 Å². The average molecular weight is 301 g/mol. The molecule has 0 aliphatic rings. The molecule has 0 amide bonds. The first-order valence-corrected chi connectivity index (χ1v) is 6.39. The molecule has 16 heavy (non-hydrogen) atoms. The second kappa shape index (κ2) is 5.05. The van der Waals surface area contributed by atoms with Crippen LogP contribution in [0.3, 0.4) is 0 Å². The Balaban J connectivity index is 2.37. The van der Waals surface area contributed by atoms with Gasteiger partial charge in [0.2, 0.25) is 0 Å². The second-order valence-corrected chi connectivity index (χ2v) is 4.96. The quantitative estimate of drug-likeness (QED) is 0.675. The fourth-order valence-corrected chi connectivity index (χ4v) is 2.45. The van der Waals surface area contributed by atoms with Crippen molar-refractivity contribution in [1.29, 1.82) is 0 Å². The molecule has 0 fully saturated rings. The highest BCUT2D eigenvalue weighted by Gasteiger charge is 2.14. The Bertz CT molecular complexity index is 473. The maximum atomic E-state index is 13.4. The highest BCUT2D eigenvalue weighted by atomic mass is 79.9. The van der Waals surface area contributed by atoms with Crippen LogP contribution in [0.1, 0.15) is 17.2 Å². The normalized spacial score (nSPS) is 12.7. The Kier molecular flexibility index (Phi) is 3.70. The lowest BCUT2D eigenvalue weighted by Gasteiger charge is -2.15. The Morgan fingerprint density at radius 2 is 2.12 bits per heavy atom. The molecule has 2 nitrogen and oxygen atoms in total. The predicted octanol–water partition coefficient (Wildman–Crippen LogP) is 3.20. The number of nitrogens with two attached hydrogens (primary N) is 1. The maximum absolute atomic E-state index is 13.4. The molecule has 0 aliphatic heterocycles. The number of benzene rings is 1. The number of nitrogens with one attached hydrogen (secondary N) is 1. The van der Waals surface area contributed by atoms with Crippen LogP contribution in [0, 0.1) is 5.82 Å². The molecule has 3 N–H and O–H groups in total. The SMILES string of the molecule is NNC(c1ccsc1)c1ccc(Br)c(F)c1. The van der Waals surface area contributed by atoms with Crippen molar-refractivity contribution in [3.8, 4) is 0 Å². The van der Waals surface area contributed by atoms with Gasteiger partial charge < -0.3 is 0 Å². The number of hydrogen-bond donors (Lipinski definition) is 2. The molecular formula is C11H10BrFN2S. The van der Waals surface area contributed by atoms with Crippen molar-refractivity contribution in [2.45, 2.75) is 6.04 Å². The molecule has 1 aromatic heterocycles. The largest absolute Gasteiger partial charge is 0.271 e. The number of halogens is 2. The molecule has 84 valence electrons. The lowest BCUT2D eigenvalue weighted by atomic mass is 10.0. The summed E-state index contributed by atoms with van der Waals surface area (Å²) >= 11 is 4.71. The second-order valence-electron chi connectivity index (χ2n) is 3.33. The molecule has 0 spiro atoms. The molecule has 2 rings (SSSR count). The number of thiophene rings is 1. The maximum Gasteiger partial charge on any atom is 0.137 e. The van der Waals surface area contributed by atoms with Crippen molar-refractivity contribution in [2.75, 3.05) is 0 Å². The molecule has 1 aromatic carbocycles. The Morgan fingerprint density at radius 1 is 1.31 bits per heavy atom. The summed E-state index contributed by atoms with van der Waals surface area (Å²) < 4.78 is 13.9. The van der Waals surface area contributed by atoms with Crippen LogP contribution in [0.15, 0.2) is 39.5 Å². The summed E-state index contributed by atoms with van der Waals surface area (Å²) in [6.07, 6.45) is 0. The van der Waals surface area contributed by atoms with E-state index >= 15 is 0 Å². The minimum Gasteiger partial charge on any atom is -0.271 e. The fraction of sp³-hybridized carbons (Fsp3) is 0.0909. The molecule has 0 bridgehead atoms. The van der Waals surface area contributed by atoms with Crippen molar-refractivity contribution >= 4 is 27.3 Å². The Morgan fingerprint density at radius 3 is 2.69 bits per heavy atom. The molecule has 0 saturated carbocycles. The minimum absolute atomic E-state index is 0.172. The van der Waals surface area contributed by atoms with Gasteiger partial charge in [-0.15, -0.1) is 0 Å². The fourth-order valence-electron chi connectivity index (χ4n) is 1.52. The van der Waals surface area contributed by atoms with Crippen LogP contribution in [0.4, 0.5) is 4.39 Å². The highest BCUT2D eigenvalue weighted by molar-refractivity contribution is 9.10. The summed E-state index contributed by atoms with van der Waals surface area (Å²) in [6.45, 7) is 0. The molecule has 1 atom stereocenters. The third-order valence-corrected chi connectivity index (χ3v) is 3.66. The van der Waals surface area contributed by atoms with E-state index in [2.05, 4.69) is 21.4 Å². The van der Waals surface area contributed by atoms with E-state index in [1.807, 2.05) is 22.9 Å². The van der Waals surface area contributed by atoms with E-state index in [1.54, 1.807) is 17.4 Å². The molecule has 0 saturated heterocycles. The van der Waals surface area contributed by atoms with Crippen molar-refractivity contribution in [2.24, 2.45) is 5.84 Å². The van der Waals surface area contributed by atoms with Gasteiger partial charge in [0.15, 0.2) is 0 Å². The van der Waals surface area contributed by atoms with Crippen LogP contribution >= 0.6 is 27.3 Å². The Hall–Kier alpha value is -0.750. The van der Waals surface area contributed by atoms with Crippen LogP contribution < -0.4 is 11.3 Å². The molecule has 0 radical (unpaired) electrons. The molecule has 1 heterocycles. The first-order valence-electron chi connectivity index (χ1n) is 4.65. The first-order chi connectivity index (χ1) is 7.72. The summed E-state index contributed by atoms with van der Waals surface area (Å²) in [5.41, 5.74) is 4.54. The van der Waals surface area contributed by atoms with E-state index in [4.69, 9.17) is 5.84 Å². The van der Waals surface area contributed by atoms with Gasteiger partial charge in [0.05, 0.1) is 10.5 Å². The van der Waals surface area contributed by atoms with Gasteiger partial charge in [0.1, 0.15) is 5.82 Å². The third-order valence-electron chi connectivity index (χ3n) is 2.32. The molecule has 2 aromatic rings. The average Bonchev–Trinajstić information content (AvgIpc) is 2.78.